The first-order chi connectivity index (χ1) is 13.9. The summed E-state index contributed by atoms with van der Waals surface area (Å²) in [5.41, 5.74) is -5.25. The van der Waals surface area contributed by atoms with Crippen LogP contribution in [0.3, 0.4) is 0 Å². The number of benzene rings is 1. The Kier molecular flexibility index (Phi) is 6.60. The van der Waals surface area contributed by atoms with Crippen LogP contribution in [0.1, 0.15) is 11.3 Å². The Labute approximate surface area is 170 Å². The second-order valence-electron chi connectivity index (χ2n) is 5.75. The molecule has 160 valence electrons. The van der Waals surface area contributed by atoms with Crippen molar-refractivity contribution in [3.8, 4) is 5.69 Å². The van der Waals surface area contributed by atoms with Gasteiger partial charge in [-0.15, -0.1) is 0 Å². The monoisotopic (exact) mass is 449 g/mol. The van der Waals surface area contributed by atoms with E-state index < -0.39 is 46.6 Å². The molecule has 13 heteroatoms. The summed E-state index contributed by atoms with van der Waals surface area (Å²) in [6.45, 7) is 0. The largest absolute Gasteiger partial charge is 0.467 e. The van der Waals surface area contributed by atoms with Crippen LogP contribution in [0.25, 0.3) is 5.69 Å². The number of carbonyl (C=O) groups excluding carboxylic acids is 2. The van der Waals surface area contributed by atoms with Crippen LogP contribution in [-0.2, 0) is 27.5 Å². The second kappa shape index (κ2) is 8.61. The second-order valence-corrected chi connectivity index (χ2v) is 6.16. The molecular weight excluding hydrogens is 438 g/mol. The maximum absolute atomic E-state index is 14.4. The van der Waals surface area contributed by atoms with Crippen LogP contribution < -0.4 is 11.2 Å². The van der Waals surface area contributed by atoms with Gasteiger partial charge in [0.15, 0.2) is 6.29 Å². The standard InChI is InChI=1S/C17H12ClF4N3O5/c1-24-13(17(20,21)22)5-14(27)25(16(24)29)12-3-8(9(18)4-10(12)19)6-23-11(7-26)15(28)30-2/h3-7,11H,1-2H3/b23-6+. The molecule has 0 radical (unpaired) electrons. The van der Waals surface area contributed by atoms with Gasteiger partial charge in [-0.25, -0.2) is 18.5 Å². The molecule has 0 saturated carbocycles. The summed E-state index contributed by atoms with van der Waals surface area (Å²) in [6, 6.07) is 0.135. The predicted octanol–water partition coefficient (Wildman–Crippen LogP) is 1.51. The van der Waals surface area contributed by atoms with Crippen LogP contribution in [0.4, 0.5) is 17.6 Å². The van der Waals surface area contributed by atoms with Gasteiger partial charge in [0.25, 0.3) is 5.56 Å². The molecule has 2 aromatic rings. The van der Waals surface area contributed by atoms with Crippen LogP contribution in [-0.4, -0.2) is 40.8 Å². The van der Waals surface area contributed by atoms with Gasteiger partial charge in [0.05, 0.1) is 17.8 Å². The summed E-state index contributed by atoms with van der Waals surface area (Å²) in [6.07, 6.45) is -3.93. The lowest BCUT2D eigenvalue weighted by Gasteiger charge is -2.15. The SMILES string of the molecule is COC(=O)C(C=O)/N=C/c1cc(-n2c(=O)cc(C(F)(F)F)n(C)c2=O)c(F)cc1Cl. The Morgan fingerprint density at radius 3 is 2.43 bits per heavy atom. The van der Waals surface area contributed by atoms with E-state index in [1.165, 1.54) is 0 Å². The van der Waals surface area contributed by atoms with Crippen molar-refractivity contribution >= 4 is 30.1 Å². The number of methoxy groups -OCH3 is 1. The molecule has 0 aliphatic carbocycles. The number of hydrogen-bond acceptors (Lipinski definition) is 6. The highest BCUT2D eigenvalue weighted by molar-refractivity contribution is 6.33. The molecule has 0 aliphatic rings. The molecule has 1 aromatic carbocycles. The molecule has 8 nitrogen and oxygen atoms in total. The fraction of sp³-hybridized carbons (Fsp3) is 0.235. The van der Waals surface area contributed by atoms with E-state index in [0.29, 0.717) is 6.07 Å². The van der Waals surface area contributed by atoms with Gasteiger partial charge < -0.3 is 9.53 Å². The third-order valence-corrected chi connectivity index (χ3v) is 4.19. The smallest absolute Gasteiger partial charge is 0.431 e. The normalized spacial score (nSPS) is 12.8. The topological polar surface area (TPSA) is 99.7 Å². The van der Waals surface area contributed by atoms with Crippen molar-refractivity contribution in [3.63, 3.8) is 0 Å². The summed E-state index contributed by atoms with van der Waals surface area (Å²) < 4.78 is 58.0. The summed E-state index contributed by atoms with van der Waals surface area (Å²) in [5.74, 6) is -2.18. The lowest BCUT2D eigenvalue weighted by molar-refractivity contribution is -0.144. The van der Waals surface area contributed by atoms with Crippen LogP contribution in [0, 0.1) is 5.82 Å². The molecule has 2 rings (SSSR count). The zero-order chi connectivity index (χ0) is 22.8. The number of rotatable bonds is 5. The van der Waals surface area contributed by atoms with Crippen molar-refractivity contribution in [2.45, 2.75) is 12.2 Å². The van der Waals surface area contributed by atoms with E-state index in [1.807, 2.05) is 0 Å². The van der Waals surface area contributed by atoms with Crippen molar-refractivity contribution in [2.24, 2.45) is 12.0 Å². The molecule has 1 unspecified atom stereocenters. The maximum atomic E-state index is 14.4. The van der Waals surface area contributed by atoms with E-state index in [4.69, 9.17) is 11.6 Å². The number of carbonyl (C=O) groups is 2. The molecule has 0 aliphatic heterocycles. The summed E-state index contributed by atoms with van der Waals surface area (Å²) in [5, 5.41) is -0.272. The minimum absolute atomic E-state index is 0.127. The number of aromatic nitrogens is 2. The Hall–Kier alpha value is -3.28. The predicted molar refractivity (Wildman–Crippen MR) is 96.7 cm³/mol. The average molecular weight is 450 g/mol. The van der Waals surface area contributed by atoms with E-state index >= 15 is 0 Å². The molecule has 1 heterocycles. The third-order valence-electron chi connectivity index (χ3n) is 3.86. The van der Waals surface area contributed by atoms with Crippen LogP contribution in [0.5, 0.6) is 0 Å². The van der Waals surface area contributed by atoms with E-state index in [0.717, 1.165) is 26.4 Å². The number of nitrogens with zero attached hydrogens (tertiary/aromatic N) is 3. The maximum Gasteiger partial charge on any atom is 0.431 e. The number of aliphatic imine (C=N–C) groups is 1. The van der Waals surface area contributed by atoms with Gasteiger partial charge in [0, 0.05) is 24.9 Å². The molecule has 30 heavy (non-hydrogen) atoms. The lowest BCUT2D eigenvalue weighted by Crippen LogP contribution is -2.41. The Morgan fingerprint density at radius 2 is 1.90 bits per heavy atom. The van der Waals surface area contributed by atoms with Crippen LogP contribution in [0.15, 0.2) is 32.8 Å². The van der Waals surface area contributed by atoms with Gasteiger partial charge in [0.2, 0.25) is 6.04 Å². The number of alkyl halides is 3. The first-order valence-corrected chi connectivity index (χ1v) is 8.26. The van der Waals surface area contributed by atoms with E-state index in [1.54, 1.807) is 0 Å². The molecule has 0 saturated heterocycles. The minimum Gasteiger partial charge on any atom is -0.467 e. The number of ether oxygens (including phenoxy) is 1. The van der Waals surface area contributed by atoms with Crippen LogP contribution in [0.2, 0.25) is 5.02 Å². The summed E-state index contributed by atoms with van der Waals surface area (Å²) >= 11 is 5.87. The van der Waals surface area contributed by atoms with Gasteiger partial charge in [0.1, 0.15) is 11.5 Å². The van der Waals surface area contributed by atoms with Gasteiger partial charge in [-0.1, -0.05) is 11.6 Å². The van der Waals surface area contributed by atoms with Crippen molar-refractivity contribution < 1.29 is 31.9 Å². The average Bonchev–Trinajstić information content (AvgIpc) is 2.66. The zero-order valence-corrected chi connectivity index (χ0v) is 16.0. The van der Waals surface area contributed by atoms with Crippen LogP contribution >= 0.6 is 11.6 Å². The van der Waals surface area contributed by atoms with E-state index in [9.17, 15) is 36.7 Å². The number of halogens is 5. The first kappa shape index (κ1) is 23.0. The van der Waals surface area contributed by atoms with Crippen molar-refractivity contribution in [1.82, 2.24) is 9.13 Å². The van der Waals surface area contributed by atoms with Crippen molar-refractivity contribution in [1.29, 1.82) is 0 Å². The Morgan fingerprint density at radius 1 is 1.27 bits per heavy atom. The number of hydrogen-bond donors (Lipinski definition) is 0. The Bertz CT molecular complexity index is 1150. The van der Waals surface area contributed by atoms with Gasteiger partial charge in [-0.2, -0.15) is 13.2 Å². The fourth-order valence-corrected chi connectivity index (χ4v) is 2.58. The zero-order valence-electron chi connectivity index (χ0n) is 15.2. The van der Waals surface area contributed by atoms with E-state index in [2.05, 4.69) is 9.73 Å². The highest BCUT2D eigenvalue weighted by Gasteiger charge is 2.35. The van der Waals surface area contributed by atoms with Gasteiger partial charge in [-0.05, 0) is 12.1 Å². The summed E-state index contributed by atoms with van der Waals surface area (Å²) in [4.78, 5) is 50.4. The quantitative estimate of drug-likeness (QED) is 0.226. The van der Waals surface area contributed by atoms with E-state index in [-0.39, 0.29) is 32.1 Å². The molecular formula is C17H12ClF4N3O5. The first-order valence-electron chi connectivity index (χ1n) is 7.88. The summed E-state index contributed by atoms with van der Waals surface area (Å²) in [7, 11) is 1.78. The molecule has 0 spiro atoms. The minimum atomic E-state index is -4.99. The molecule has 0 bridgehead atoms. The highest BCUT2D eigenvalue weighted by atomic mass is 35.5. The number of esters is 1. The molecule has 0 fully saturated rings. The lowest BCUT2D eigenvalue weighted by atomic mass is 10.2. The Balaban J connectivity index is 2.68. The number of aldehydes is 1. The van der Waals surface area contributed by atoms with Gasteiger partial charge in [-0.3, -0.25) is 14.4 Å². The van der Waals surface area contributed by atoms with Crippen molar-refractivity contribution in [2.75, 3.05) is 7.11 Å². The highest BCUT2D eigenvalue weighted by Crippen LogP contribution is 2.27. The third kappa shape index (κ3) is 4.48. The fourth-order valence-electron chi connectivity index (χ4n) is 2.38. The molecule has 0 amide bonds. The molecule has 1 aromatic heterocycles. The van der Waals surface area contributed by atoms with Gasteiger partial charge >= 0.3 is 17.8 Å². The molecule has 1 atom stereocenters. The van der Waals surface area contributed by atoms with Crippen molar-refractivity contribution in [3.05, 3.63) is 61.1 Å². The molecule has 0 N–H and O–H groups in total.